The quantitative estimate of drug-likeness (QED) is 0.813. The van der Waals surface area contributed by atoms with Crippen molar-refractivity contribution in [2.75, 3.05) is 5.32 Å². The third-order valence-corrected chi connectivity index (χ3v) is 3.81. The van der Waals surface area contributed by atoms with Gasteiger partial charge in [-0.25, -0.2) is 13.2 Å². The van der Waals surface area contributed by atoms with Crippen LogP contribution in [0.15, 0.2) is 12.1 Å². The Morgan fingerprint density at radius 1 is 1.32 bits per heavy atom. The van der Waals surface area contributed by atoms with Gasteiger partial charge in [-0.15, -0.1) is 0 Å². The van der Waals surface area contributed by atoms with Crippen molar-refractivity contribution in [2.45, 2.75) is 32.2 Å². The van der Waals surface area contributed by atoms with E-state index < -0.39 is 28.8 Å². The van der Waals surface area contributed by atoms with Gasteiger partial charge in [-0.2, -0.15) is 0 Å². The topological polar surface area (TPSA) is 55.1 Å². The van der Waals surface area contributed by atoms with Gasteiger partial charge >= 0.3 is 0 Å². The highest BCUT2D eigenvalue weighted by Crippen LogP contribution is 2.37. The molecule has 0 saturated heterocycles. The van der Waals surface area contributed by atoms with Gasteiger partial charge in [0.15, 0.2) is 11.6 Å². The van der Waals surface area contributed by atoms with Gasteiger partial charge in [0.2, 0.25) is 5.91 Å². The fourth-order valence-corrected chi connectivity index (χ4v) is 2.36. The number of amides is 1. The number of benzene rings is 1. The van der Waals surface area contributed by atoms with E-state index in [-0.39, 0.29) is 11.7 Å². The van der Waals surface area contributed by atoms with Gasteiger partial charge in [0.05, 0.1) is 11.1 Å². The van der Waals surface area contributed by atoms with Crippen LogP contribution in [-0.2, 0) is 4.79 Å². The molecule has 1 amide bonds. The van der Waals surface area contributed by atoms with Gasteiger partial charge in [0.1, 0.15) is 5.82 Å². The van der Waals surface area contributed by atoms with Crippen LogP contribution in [0, 0.1) is 22.9 Å². The maximum absolute atomic E-state index is 13.4. The molecule has 1 aliphatic carbocycles. The zero-order valence-electron chi connectivity index (χ0n) is 10.5. The Kier molecular flexibility index (Phi) is 3.54. The number of nitrogens with one attached hydrogen (secondary N) is 1. The lowest BCUT2D eigenvalue weighted by Crippen LogP contribution is -2.44. The average molecular weight is 272 g/mol. The third kappa shape index (κ3) is 2.45. The summed E-state index contributed by atoms with van der Waals surface area (Å²) in [5, 5.41) is 2.29. The molecule has 2 unspecified atom stereocenters. The smallest absolute Gasteiger partial charge is 0.231 e. The number of carbonyl (C=O) groups excluding carboxylic acids is 1. The van der Waals surface area contributed by atoms with Gasteiger partial charge in [-0.05, 0) is 19.8 Å². The van der Waals surface area contributed by atoms with E-state index in [4.69, 9.17) is 5.73 Å². The number of rotatable bonds is 2. The molecule has 0 heterocycles. The maximum Gasteiger partial charge on any atom is 0.231 e. The minimum absolute atomic E-state index is 0.319. The van der Waals surface area contributed by atoms with Crippen LogP contribution in [0.25, 0.3) is 0 Å². The molecule has 0 spiro atoms. The van der Waals surface area contributed by atoms with Crippen LogP contribution in [0.3, 0.4) is 0 Å². The molecule has 0 aromatic heterocycles. The molecule has 0 bridgehead atoms. The first-order valence-electron chi connectivity index (χ1n) is 6.06. The zero-order valence-corrected chi connectivity index (χ0v) is 10.5. The van der Waals surface area contributed by atoms with Gasteiger partial charge < -0.3 is 11.1 Å². The molecule has 1 aromatic rings. The monoisotopic (exact) mass is 272 g/mol. The largest absolute Gasteiger partial charge is 0.327 e. The summed E-state index contributed by atoms with van der Waals surface area (Å²) in [5.41, 5.74) is 4.69. The highest BCUT2D eigenvalue weighted by molar-refractivity contribution is 5.96. The second-order valence-electron chi connectivity index (χ2n) is 5.12. The molecule has 19 heavy (non-hydrogen) atoms. The lowest BCUT2D eigenvalue weighted by atomic mass is 9.84. The number of hydrogen-bond donors (Lipinski definition) is 2. The molecule has 2 rings (SSSR count). The summed E-state index contributed by atoms with van der Waals surface area (Å²) in [6.45, 7) is 1.69. The van der Waals surface area contributed by atoms with E-state index >= 15 is 0 Å². The summed E-state index contributed by atoms with van der Waals surface area (Å²) < 4.78 is 39.3. The Bertz CT molecular complexity index is 521. The van der Waals surface area contributed by atoms with Crippen LogP contribution in [0.5, 0.6) is 0 Å². The molecule has 1 saturated carbocycles. The van der Waals surface area contributed by atoms with E-state index in [9.17, 15) is 18.0 Å². The predicted molar refractivity (Wildman–Crippen MR) is 64.9 cm³/mol. The summed E-state index contributed by atoms with van der Waals surface area (Å²) in [4.78, 5) is 12.1. The fourth-order valence-electron chi connectivity index (χ4n) is 2.36. The Balaban J connectivity index is 2.22. The second-order valence-corrected chi connectivity index (χ2v) is 5.12. The molecule has 2 atom stereocenters. The Labute approximate surface area is 109 Å². The van der Waals surface area contributed by atoms with Crippen molar-refractivity contribution in [2.24, 2.45) is 11.1 Å². The second kappa shape index (κ2) is 4.85. The van der Waals surface area contributed by atoms with Crippen LogP contribution in [-0.4, -0.2) is 11.9 Å². The molecular formula is C13H15F3N2O. The van der Waals surface area contributed by atoms with Crippen LogP contribution in [0.1, 0.15) is 26.2 Å². The number of anilines is 1. The first-order valence-corrected chi connectivity index (χ1v) is 6.06. The Hall–Kier alpha value is -1.56. The molecule has 1 fully saturated rings. The summed E-state index contributed by atoms with van der Waals surface area (Å²) in [5.74, 6) is -3.98. The normalized spacial score (nSPS) is 26.5. The van der Waals surface area contributed by atoms with Gasteiger partial charge in [-0.3, -0.25) is 4.79 Å². The number of hydrogen-bond acceptors (Lipinski definition) is 2. The van der Waals surface area contributed by atoms with Crippen LogP contribution < -0.4 is 11.1 Å². The molecular weight excluding hydrogens is 257 g/mol. The van der Waals surface area contributed by atoms with Crippen molar-refractivity contribution in [3.8, 4) is 0 Å². The van der Waals surface area contributed by atoms with Crippen molar-refractivity contribution >= 4 is 11.6 Å². The van der Waals surface area contributed by atoms with Crippen LogP contribution >= 0.6 is 0 Å². The summed E-state index contributed by atoms with van der Waals surface area (Å²) in [7, 11) is 0. The number of nitrogens with two attached hydrogens (primary N) is 1. The highest BCUT2D eigenvalue weighted by atomic mass is 19.2. The predicted octanol–water partition coefficient (Wildman–Crippen LogP) is 2.56. The van der Waals surface area contributed by atoms with E-state index in [1.165, 1.54) is 0 Å². The van der Waals surface area contributed by atoms with Crippen molar-refractivity contribution in [3.05, 3.63) is 29.6 Å². The van der Waals surface area contributed by atoms with Crippen LogP contribution in [0.2, 0.25) is 0 Å². The molecule has 0 aliphatic heterocycles. The number of halogens is 3. The maximum atomic E-state index is 13.4. The first kappa shape index (κ1) is 13.9. The SMILES string of the molecule is CC1(C(=O)Nc2cc(F)c(F)cc2F)CCCC1N. The zero-order chi connectivity index (χ0) is 14.2. The molecule has 1 aromatic carbocycles. The lowest BCUT2D eigenvalue weighted by molar-refractivity contribution is -0.125. The third-order valence-electron chi connectivity index (χ3n) is 3.81. The van der Waals surface area contributed by atoms with Crippen LogP contribution in [0.4, 0.5) is 18.9 Å². The number of carbonyl (C=O) groups is 1. The highest BCUT2D eigenvalue weighted by Gasteiger charge is 2.43. The summed E-state index contributed by atoms with van der Waals surface area (Å²) in [6, 6.07) is 0.717. The molecule has 3 nitrogen and oxygen atoms in total. The first-order chi connectivity index (χ1) is 8.84. The van der Waals surface area contributed by atoms with E-state index in [1.807, 2.05) is 0 Å². The van der Waals surface area contributed by atoms with E-state index in [0.717, 1.165) is 6.42 Å². The van der Waals surface area contributed by atoms with Crippen molar-refractivity contribution in [3.63, 3.8) is 0 Å². The molecule has 0 radical (unpaired) electrons. The Morgan fingerprint density at radius 2 is 1.95 bits per heavy atom. The van der Waals surface area contributed by atoms with Gasteiger partial charge in [-0.1, -0.05) is 6.42 Å². The van der Waals surface area contributed by atoms with Crippen molar-refractivity contribution in [1.82, 2.24) is 0 Å². The van der Waals surface area contributed by atoms with Gasteiger partial charge in [0.25, 0.3) is 0 Å². The fraction of sp³-hybridized carbons (Fsp3) is 0.462. The van der Waals surface area contributed by atoms with Crippen molar-refractivity contribution < 1.29 is 18.0 Å². The molecule has 1 aliphatic rings. The summed E-state index contributed by atoms with van der Waals surface area (Å²) >= 11 is 0. The standard InChI is InChI=1S/C13H15F3N2O/c1-13(4-2-3-11(13)17)12(19)18-10-6-8(15)7(14)5-9(10)16/h5-6,11H,2-4,17H2,1H3,(H,18,19). The Morgan fingerprint density at radius 3 is 2.53 bits per heavy atom. The van der Waals surface area contributed by atoms with E-state index in [0.29, 0.717) is 25.0 Å². The van der Waals surface area contributed by atoms with Gasteiger partial charge in [0, 0.05) is 18.2 Å². The molecule has 3 N–H and O–H groups in total. The average Bonchev–Trinajstić information content (AvgIpc) is 2.68. The molecule has 104 valence electrons. The lowest BCUT2D eigenvalue weighted by Gasteiger charge is -2.27. The van der Waals surface area contributed by atoms with Crippen molar-refractivity contribution in [1.29, 1.82) is 0 Å². The summed E-state index contributed by atoms with van der Waals surface area (Å²) in [6.07, 6.45) is 2.11. The van der Waals surface area contributed by atoms with E-state index in [1.54, 1.807) is 6.92 Å². The minimum Gasteiger partial charge on any atom is -0.327 e. The minimum atomic E-state index is -1.29. The molecule has 6 heteroatoms. The van der Waals surface area contributed by atoms with E-state index in [2.05, 4.69) is 5.32 Å².